The normalized spacial score (nSPS) is 25.3. The second-order valence-electron chi connectivity index (χ2n) is 5.87. The smallest absolute Gasteiger partial charge is 0.126 e. The van der Waals surface area contributed by atoms with E-state index < -0.39 is 0 Å². The lowest BCUT2D eigenvalue weighted by molar-refractivity contribution is 0.226. The number of hydrogen-bond acceptors (Lipinski definition) is 1. The Kier molecular flexibility index (Phi) is 5.23. The van der Waals surface area contributed by atoms with Crippen LogP contribution in [0.4, 0.5) is 4.39 Å². The summed E-state index contributed by atoms with van der Waals surface area (Å²) >= 11 is 5.97. The fourth-order valence-electron chi connectivity index (χ4n) is 3.29. The molecule has 0 radical (unpaired) electrons. The van der Waals surface area contributed by atoms with E-state index >= 15 is 0 Å². The maximum absolute atomic E-state index is 13.8. The summed E-state index contributed by atoms with van der Waals surface area (Å²) in [5.74, 6) is 1.29. The van der Waals surface area contributed by atoms with Crippen molar-refractivity contribution in [1.29, 1.82) is 0 Å². The van der Waals surface area contributed by atoms with Gasteiger partial charge in [0.05, 0.1) is 0 Å². The van der Waals surface area contributed by atoms with Gasteiger partial charge in [-0.15, -0.1) is 0 Å². The molecule has 1 aromatic rings. The summed E-state index contributed by atoms with van der Waals surface area (Å²) in [6, 6.07) is 5.18. The lowest BCUT2D eigenvalue weighted by atomic mass is 9.77. The van der Waals surface area contributed by atoms with Crippen molar-refractivity contribution in [2.24, 2.45) is 11.8 Å². The molecule has 0 heterocycles. The maximum atomic E-state index is 13.8. The fraction of sp³-hybridized carbons (Fsp3) is 0.625. The third-order valence-corrected chi connectivity index (χ3v) is 4.60. The molecule has 106 valence electrons. The molecule has 0 aliphatic heterocycles. The Labute approximate surface area is 120 Å². The Morgan fingerprint density at radius 2 is 2.21 bits per heavy atom. The van der Waals surface area contributed by atoms with Crippen LogP contribution < -0.4 is 5.32 Å². The lowest BCUT2D eigenvalue weighted by Gasteiger charge is -2.33. The molecule has 0 saturated heterocycles. The first-order valence-electron chi connectivity index (χ1n) is 7.21. The zero-order valence-corrected chi connectivity index (χ0v) is 12.5. The molecule has 0 amide bonds. The molecule has 3 heteroatoms. The first kappa shape index (κ1) is 14.8. The maximum Gasteiger partial charge on any atom is 0.126 e. The second-order valence-corrected chi connectivity index (χ2v) is 6.30. The van der Waals surface area contributed by atoms with Gasteiger partial charge in [-0.05, 0) is 61.9 Å². The van der Waals surface area contributed by atoms with Gasteiger partial charge in [-0.2, -0.15) is 0 Å². The highest BCUT2D eigenvalue weighted by molar-refractivity contribution is 6.30. The van der Waals surface area contributed by atoms with E-state index in [9.17, 15) is 4.39 Å². The van der Waals surface area contributed by atoms with Gasteiger partial charge in [0.15, 0.2) is 0 Å². The van der Waals surface area contributed by atoms with Crippen molar-refractivity contribution in [1.82, 2.24) is 5.32 Å². The molecular weight excluding hydrogens is 261 g/mol. The average Bonchev–Trinajstić information content (AvgIpc) is 2.39. The summed E-state index contributed by atoms with van der Waals surface area (Å²) in [5, 5.41) is 3.99. The van der Waals surface area contributed by atoms with Crippen LogP contribution in [-0.2, 0) is 6.42 Å². The van der Waals surface area contributed by atoms with Crippen LogP contribution in [0.25, 0.3) is 0 Å². The van der Waals surface area contributed by atoms with Crippen LogP contribution in [0.3, 0.4) is 0 Å². The van der Waals surface area contributed by atoms with Gasteiger partial charge in [0, 0.05) is 11.1 Å². The number of nitrogens with one attached hydrogen (secondary N) is 1. The van der Waals surface area contributed by atoms with Crippen LogP contribution in [0.2, 0.25) is 5.02 Å². The van der Waals surface area contributed by atoms with E-state index in [1.807, 2.05) is 7.05 Å². The molecule has 1 aliphatic rings. The number of benzene rings is 1. The molecule has 1 N–H and O–H groups in total. The van der Waals surface area contributed by atoms with E-state index in [-0.39, 0.29) is 5.82 Å². The second kappa shape index (κ2) is 6.71. The predicted molar refractivity (Wildman–Crippen MR) is 79.1 cm³/mol. The summed E-state index contributed by atoms with van der Waals surface area (Å²) < 4.78 is 13.8. The van der Waals surface area contributed by atoms with E-state index in [0.717, 1.165) is 17.9 Å². The summed E-state index contributed by atoms with van der Waals surface area (Å²) in [5.41, 5.74) is 0.727. The monoisotopic (exact) mass is 283 g/mol. The molecule has 1 nitrogen and oxygen atoms in total. The van der Waals surface area contributed by atoms with Crippen LogP contribution in [0.1, 0.15) is 38.2 Å². The Morgan fingerprint density at radius 3 is 2.89 bits per heavy atom. The topological polar surface area (TPSA) is 12.0 Å². The van der Waals surface area contributed by atoms with E-state index in [0.29, 0.717) is 17.0 Å². The molecule has 3 atom stereocenters. The van der Waals surface area contributed by atoms with Crippen LogP contribution in [0.5, 0.6) is 0 Å². The number of likely N-dealkylation sites (N-methyl/N-ethyl adjacent to an activating group) is 1. The zero-order chi connectivity index (χ0) is 13.8. The van der Waals surface area contributed by atoms with Gasteiger partial charge < -0.3 is 5.32 Å². The molecule has 1 saturated carbocycles. The molecule has 0 spiro atoms. The van der Waals surface area contributed by atoms with Gasteiger partial charge in [-0.3, -0.25) is 0 Å². The van der Waals surface area contributed by atoms with Gasteiger partial charge in [-0.1, -0.05) is 31.4 Å². The van der Waals surface area contributed by atoms with E-state index in [4.69, 9.17) is 11.6 Å². The van der Waals surface area contributed by atoms with Crippen LogP contribution in [0.15, 0.2) is 18.2 Å². The molecule has 0 aromatic heterocycles. The SMILES string of the molecule is CNC(Cc1cc(Cl)ccc1F)C1CCCC(C)C1. The Hall–Kier alpha value is -0.600. The minimum absolute atomic E-state index is 0.145. The Balaban J connectivity index is 2.07. The highest BCUT2D eigenvalue weighted by Crippen LogP contribution is 2.32. The minimum atomic E-state index is -0.145. The summed E-state index contributed by atoms with van der Waals surface area (Å²) in [6.45, 7) is 2.32. The quantitative estimate of drug-likeness (QED) is 0.862. The van der Waals surface area contributed by atoms with Crippen LogP contribution in [-0.4, -0.2) is 13.1 Å². The Morgan fingerprint density at radius 1 is 1.42 bits per heavy atom. The summed E-state index contributed by atoms with van der Waals surface area (Å²) in [6.07, 6.45) is 5.84. The third kappa shape index (κ3) is 3.93. The third-order valence-electron chi connectivity index (χ3n) is 4.36. The number of hydrogen-bond donors (Lipinski definition) is 1. The molecule has 3 unspecified atom stereocenters. The fourth-order valence-corrected chi connectivity index (χ4v) is 3.48. The number of halogens is 2. The predicted octanol–water partition coefficient (Wildman–Crippen LogP) is 4.44. The first-order chi connectivity index (χ1) is 9.10. The number of rotatable bonds is 4. The molecule has 2 rings (SSSR count). The molecule has 1 aliphatic carbocycles. The van der Waals surface area contributed by atoms with Crippen molar-refractivity contribution in [2.75, 3.05) is 7.05 Å². The van der Waals surface area contributed by atoms with Crippen molar-refractivity contribution >= 4 is 11.6 Å². The molecule has 19 heavy (non-hydrogen) atoms. The summed E-state index contributed by atoms with van der Waals surface area (Å²) in [7, 11) is 1.98. The van der Waals surface area contributed by atoms with E-state index in [1.54, 1.807) is 12.1 Å². The van der Waals surface area contributed by atoms with E-state index in [2.05, 4.69) is 12.2 Å². The molecule has 1 aromatic carbocycles. The first-order valence-corrected chi connectivity index (χ1v) is 7.59. The van der Waals surface area contributed by atoms with Gasteiger partial charge in [0.1, 0.15) is 5.82 Å². The standard InChI is InChI=1S/C16H23ClFN/c1-11-4-3-5-12(8-11)16(19-2)10-13-9-14(17)6-7-15(13)18/h6-7,9,11-12,16,19H,3-5,8,10H2,1-2H3. The average molecular weight is 284 g/mol. The largest absolute Gasteiger partial charge is 0.316 e. The van der Waals surface area contributed by atoms with Crippen molar-refractivity contribution < 1.29 is 4.39 Å². The van der Waals surface area contributed by atoms with Gasteiger partial charge in [0.25, 0.3) is 0 Å². The molecule has 0 bridgehead atoms. The van der Waals surface area contributed by atoms with Crippen LogP contribution >= 0.6 is 11.6 Å². The highest BCUT2D eigenvalue weighted by atomic mass is 35.5. The highest BCUT2D eigenvalue weighted by Gasteiger charge is 2.26. The van der Waals surface area contributed by atoms with Gasteiger partial charge in [-0.25, -0.2) is 4.39 Å². The lowest BCUT2D eigenvalue weighted by Crippen LogP contribution is -2.38. The van der Waals surface area contributed by atoms with Crippen LogP contribution in [0, 0.1) is 17.7 Å². The molecule has 1 fully saturated rings. The van der Waals surface area contributed by atoms with Gasteiger partial charge >= 0.3 is 0 Å². The zero-order valence-electron chi connectivity index (χ0n) is 11.8. The van der Waals surface area contributed by atoms with Gasteiger partial charge in [0.2, 0.25) is 0 Å². The van der Waals surface area contributed by atoms with E-state index in [1.165, 1.54) is 31.7 Å². The van der Waals surface area contributed by atoms with Crippen molar-refractivity contribution in [2.45, 2.75) is 45.1 Å². The minimum Gasteiger partial charge on any atom is -0.316 e. The summed E-state index contributed by atoms with van der Waals surface area (Å²) in [4.78, 5) is 0. The van der Waals surface area contributed by atoms with Crippen molar-refractivity contribution in [3.63, 3.8) is 0 Å². The van der Waals surface area contributed by atoms with Crippen molar-refractivity contribution in [3.05, 3.63) is 34.6 Å². The molecular formula is C16H23ClFN. The Bertz CT molecular complexity index is 421. The van der Waals surface area contributed by atoms with Crippen molar-refractivity contribution in [3.8, 4) is 0 Å².